The molecule has 19 heavy (non-hydrogen) atoms. The van der Waals surface area contributed by atoms with Gasteiger partial charge in [-0.05, 0) is 31.9 Å². The summed E-state index contributed by atoms with van der Waals surface area (Å²) >= 11 is 0. The van der Waals surface area contributed by atoms with Crippen molar-refractivity contribution in [1.29, 1.82) is 0 Å². The lowest BCUT2D eigenvalue weighted by Crippen LogP contribution is -2.16. The van der Waals surface area contributed by atoms with Gasteiger partial charge in [-0.25, -0.2) is 0 Å². The summed E-state index contributed by atoms with van der Waals surface area (Å²) in [5.41, 5.74) is 11.1. The molecular formula is C16H23N3. The monoisotopic (exact) mass is 257 g/mol. The maximum Gasteiger partial charge on any atom is 0.0624 e. The summed E-state index contributed by atoms with van der Waals surface area (Å²) in [6.07, 6.45) is 1.81. The van der Waals surface area contributed by atoms with Gasteiger partial charge in [-0.3, -0.25) is 4.68 Å². The van der Waals surface area contributed by atoms with Gasteiger partial charge in [-0.1, -0.05) is 36.8 Å². The molecule has 1 unspecified atom stereocenters. The number of hydrogen-bond donors (Lipinski definition) is 1. The molecule has 1 aromatic carbocycles. The average molecular weight is 257 g/mol. The van der Waals surface area contributed by atoms with Crippen LogP contribution in [0, 0.1) is 6.92 Å². The fourth-order valence-corrected chi connectivity index (χ4v) is 2.28. The van der Waals surface area contributed by atoms with Crippen LogP contribution in [-0.4, -0.2) is 9.78 Å². The van der Waals surface area contributed by atoms with Gasteiger partial charge >= 0.3 is 0 Å². The summed E-state index contributed by atoms with van der Waals surface area (Å²) in [6, 6.07) is 10.7. The molecule has 0 fully saturated rings. The molecule has 0 saturated carbocycles. The molecule has 1 atom stereocenters. The van der Waals surface area contributed by atoms with Crippen LogP contribution < -0.4 is 5.73 Å². The Labute approximate surface area is 115 Å². The van der Waals surface area contributed by atoms with Crippen molar-refractivity contribution in [3.05, 3.63) is 52.8 Å². The van der Waals surface area contributed by atoms with Crippen LogP contribution in [0.2, 0.25) is 0 Å². The van der Waals surface area contributed by atoms with Gasteiger partial charge < -0.3 is 5.73 Å². The Kier molecular flexibility index (Phi) is 4.38. The van der Waals surface area contributed by atoms with Crippen LogP contribution in [0.25, 0.3) is 0 Å². The molecule has 1 heterocycles. The van der Waals surface area contributed by atoms with E-state index in [9.17, 15) is 0 Å². The lowest BCUT2D eigenvalue weighted by atomic mass is 10.0. The molecule has 3 heteroatoms. The molecular weight excluding hydrogens is 234 g/mol. The van der Waals surface area contributed by atoms with E-state index in [0.29, 0.717) is 0 Å². The third kappa shape index (κ3) is 3.24. The van der Waals surface area contributed by atoms with Crippen molar-refractivity contribution in [3.63, 3.8) is 0 Å². The van der Waals surface area contributed by atoms with Crippen LogP contribution >= 0.6 is 0 Å². The molecule has 1 aromatic heterocycles. The maximum atomic E-state index is 6.31. The van der Waals surface area contributed by atoms with E-state index < -0.39 is 0 Å². The van der Waals surface area contributed by atoms with E-state index in [1.807, 2.05) is 0 Å². The van der Waals surface area contributed by atoms with Crippen molar-refractivity contribution in [3.8, 4) is 0 Å². The van der Waals surface area contributed by atoms with Crippen LogP contribution in [0.5, 0.6) is 0 Å². The van der Waals surface area contributed by atoms with Gasteiger partial charge in [0.15, 0.2) is 0 Å². The Morgan fingerprint density at radius 2 is 1.89 bits per heavy atom. The highest BCUT2D eigenvalue weighted by Gasteiger charge is 2.12. The normalized spacial score (nSPS) is 12.6. The van der Waals surface area contributed by atoms with E-state index in [2.05, 4.69) is 60.9 Å². The summed E-state index contributed by atoms with van der Waals surface area (Å²) in [7, 11) is 0. The van der Waals surface area contributed by atoms with E-state index >= 15 is 0 Å². The SMILES string of the molecule is CCc1cc(CC(N)c2ccc(C)cc2)n(CC)n1. The van der Waals surface area contributed by atoms with Crippen LogP contribution in [0.3, 0.4) is 0 Å². The first kappa shape index (κ1) is 13.8. The van der Waals surface area contributed by atoms with E-state index in [1.54, 1.807) is 0 Å². The third-order valence-electron chi connectivity index (χ3n) is 3.51. The van der Waals surface area contributed by atoms with Crippen molar-refractivity contribution in [1.82, 2.24) is 9.78 Å². The van der Waals surface area contributed by atoms with Gasteiger partial charge in [-0.2, -0.15) is 5.10 Å². The summed E-state index contributed by atoms with van der Waals surface area (Å²) in [5, 5.41) is 4.57. The molecule has 102 valence electrons. The average Bonchev–Trinajstić information content (AvgIpc) is 2.81. The van der Waals surface area contributed by atoms with Gasteiger partial charge in [0.05, 0.1) is 5.69 Å². The second kappa shape index (κ2) is 6.02. The summed E-state index contributed by atoms with van der Waals surface area (Å²) < 4.78 is 2.06. The fourth-order valence-electron chi connectivity index (χ4n) is 2.28. The topological polar surface area (TPSA) is 43.8 Å². The second-order valence-electron chi connectivity index (χ2n) is 5.02. The Bertz CT molecular complexity index is 525. The van der Waals surface area contributed by atoms with Crippen molar-refractivity contribution < 1.29 is 0 Å². The highest BCUT2D eigenvalue weighted by atomic mass is 15.3. The van der Waals surface area contributed by atoms with Gasteiger partial charge in [-0.15, -0.1) is 0 Å². The second-order valence-corrected chi connectivity index (χ2v) is 5.02. The molecule has 2 N–H and O–H groups in total. The van der Waals surface area contributed by atoms with Crippen LogP contribution in [0.15, 0.2) is 30.3 Å². The molecule has 0 spiro atoms. The van der Waals surface area contributed by atoms with Crippen molar-refractivity contribution in [2.45, 2.75) is 46.2 Å². The number of nitrogens with two attached hydrogens (primary N) is 1. The lowest BCUT2D eigenvalue weighted by molar-refractivity contribution is 0.585. The van der Waals surface area contributed by atoms with Gasteiger partial charge in [0, 0.05) is 24.7 Å². The van der Waals surface area contributed by atoms with Gasteiger partial charge in [0.2, 0.25) is 0 Å². The zero-order valence-electron chi connectivity index (χ0n) is 12.1. The van der Waals surface area contributed by atoms with Crippen LogP contribution in [0.1, 0.15) is 42.4 Å². The first-order valence-electron chi connectivity index (χ1n) is 7.01. The molecule has 2 aromatic rings. The van der Waals surface area contributed by atoms with E-state index in [0.717, 1.165) is 25.1 Å². The van der Waals surface area contributed by atoms with Crippen LogP contribution in [-0.2, 0) is 19.4 Å². The summed E-state index contributed by atoms with van der Waals surface area (Å²) in [6.45, 7) is 7.24. The Balaban J connectivity index is 2.15. The molecule has 2 rings (SSSR count). The molecule has 3 nitrogen and oxygen atoms in total. The minimum atomic E-state index is 0.0345. The zero-order valence-corrected chi connectivity index (χ0v) is 12.1. The number of nitrogens with zero attached hydrogens (tertiary/aromatic N) is 2. The quantitative estimate of drug-likeness (QED) is 0.894. The van der Waals surface area contributed by atoms with E-state index in [-0.39, 0.29) is 6.04 Å². The molecule has 0 amide bonds. The molecule has 0 aliphatic carbocycles. The largest absolute Gasteiger partial charge is 0.324 e. The molecule has 0 aliphatic rings. The number of benzene rings is 1. The maximum absolute atomic E-state index is 6.31. The minimum Gasteiger partial charge on any atom is -0.324 e. The highest BCUT2D eigenvalue weighted by molar-refractivity contribution is 5.25. The van der Waals surface area contributed by atoms with Crippen molar-refractivity contribution in [2.75, 3.05) is 0 Å². The van der Waals surface area contributed by atoms with Crippen molar-refractivity contribution in [2.24, 2.45) is 5.73 Å². The predicted octanol–water partition coefficient (Wildman–Crippen LogP) is 3.02. The molecule has 0 bridgehead atoms. The van der Waals surface area contributed by atoms with Gasteiger partial charge in [0.25, 0.3) is 0 Å². The third-order valence-corrected chi connectivity index (χ3v) is 3.51. The molecule has 0 radical (unpaired) electrons. The molecule has 0 saturated heterocycles. The fraction of sp³-hybridized carbons (Fsp3) is 0.438. The van der Waals surface area contributed by atoms with E-state index in [4.69, 9.17) is 5.73 Å². The minimum absolute atomic E-state index is 0.0345. The number of aryl methyl sites for hydroxylation is 3. The highest BCUT2D eigenvalue weighted by Crippen LogP contribution is 2.17. The Morgan fingerprint density at radius 3 is 2.47 bits per heavy atom. The smallest absolute Gasteiger partial charge is 0.0624 e. The number of aromatic nitrogens is 2. The number of rotatable bonds is 5. The standard InChI is InChI=1S/C16H23N3/c1-4-14-10-15(19(5-2)18-14)11-16(17)13-8-6-12(3)7-9-13/h6-10,16H,4-5,11,17H2,1-3H3. The predicted molar refractivity (Wildman–Crippen MR) is 79.1 cm³/mol. The van der Waals surface area contributed by atoms with E-state index in [1.165, 1.54) is 16.8 Å². The zero-order chi connectivity index (χ0) is 13.8. The van der Waals surface area contributed by atoms with Crippen LogP contribution in [0.4, 0.5) is 0 Å². The van der Waals surface area contributed by atoms with Crippen molar-refractivity contribution >= 4 is 0 Å². The lowest BCUT2D eigenvalue weighted by Gasteiger charge is -2.13. The van der Waals surface area contributed by atoms with Gasteiger partial charge in [0.1, 0.15) is 0 Å². The summed E-state index contributed by atoms with van der Waals surface area (Å²) in [5.74, 6) is 0. The molecule has 0 aliphatic heterocycles. The number of hydrogen-bond acceptors (Lipinski definition) is 2. The first-order chi connectivity index (χ1) is 9.13. The summed E-state index contributed by atoms with van der Waals surface area (Å²) in [4.78, 5) is 0. The Hall–Kier alpha value is -1.61. The first-order valence-corrected chi connectivity index (χ1v) is 7.01. The Morgan fingerprint density at radius 1 is 1.21 bits per heavy atom.